The zero-order chi connectivity index (χ0) is 19.8. The van der Waals surface area contributed by atoms with E-state index >= 15 is 0 Å². The molecule has 0 aliphatic heterocycles. The highest BCUT2D eigenvalue weighted by atomic mass is 16.5. The SMILES string of the molecule is CC(C)=CCOc1ccc(/C=C/C(=O)NCCc2c[nH]c3ccccc23)cc1. The lowest BCUT2D eigenvalue weighted by Gasteiger charge is -2.04. The second kappa shape index (κ2) is 9.60. The average Bonchev–Trinajstić information content (AvgIpc) is 3.10. The molecule has 0 saturated heterocycles. The molecule has 2 N–H and O–H groups in total. The first-order valence-corrected chi connectivity index (χ1v) is 9.49. The fraction of sp³-hybridized carbons (Fsp3) is 0.208. The summed E-state index contributed by atoms with van der Waals surface area (Å²) in [5, 5.41) is 4.14. The van der Waals surface area contributed by atoms with Crippen LogP contribution in [0, 0.1) is 0 Å². The highest BCUT2D eigenvalue weighted by molar-refractivity contribution is 5.91. The predicted molar refractivity (Wildman–Crippen MR) is 115 cm³/mol. The van der Waals surface area contributed by atoms with Crippen molar-refractivity contribution in [2.45, 2.75) is 20.3 Å². The Balaban J connectivity index is 1.45. The van der Waals surface area contributed by atoms with Crippen molar-refractivity contribution in [2.24, 2.45) is 0 Å². The van der Waals surface area contributed by atoms with E-state index in [2.05, 4.69) is 22.4 Å². The number of ether oxygens (including phenoxy) is 1. The first-order chi connectivity index (χ1) is 13.6. The van der Waals surface area contributed by atoms with Crippen molar-refractivity contribution in [1.29, 1.82) is 0 Å². The molecule has 0 aliphatic carbocycles. The van der Waals surface area contributed by atoms with Crippen molar-refractivity contribution in [2.75, 3.05) is 13.2 Å². The van der Waals surface area contributed by atoms with E-state index in [9.17, 15) is 4.79 Å². The smallest absolute Gasteiger partial charge is 0.244 e. The minimum absolute atomic E-state index is 0.0938. The molecule has 1 amide bonds. The van der Waals surface area contributed by atoms with E-state index in [1.54, 1.807) is 12.2 Å². The lowest BCUT2D eigenvalue weighted by Crippen LogP contribution is -2.23. The second-order valence-corrected chi connectivity index (χ2v) is 6.90. The lowest BCUT2D eigenvalue weighted by atomic mass is 10.1. The molecular weight excluding hydrogens is 348 g/mol. The molecule has 4 heteroatoms. The highest BCUT2D eigenvalue weighted by Crippen LogP contribution is 2.17. The third kappa shape index (κ3) is 5.61. The maximum atomic E-state index is 12.0. The Morgan fingerprint density at radius 3 is 2.68 bits per heavy atom. The van der Waals surface area contributed by atoms with Gasteiger partial charge < -0.3 is 15.0 Å². The van der Waals surface area contributed by atoms with Gasteiger partial charge in [0, 0.05) is 29.7 Å². The Hall–Kier alpha value is -3.27. The van der Waals surface area contributed by atoms with E-state index in [1.165, 1.54) is 16.5 Å². The van der Waals surface area contributed by atoms with Crippen LogP contribution in [0.5, 0.6) is 5.75 Å². The Labute approximate surface area is 165 Å². The molecule has 0 radical (unpaired) electrons. The molecule has 0 bridgehead atoms. The number of para-hydroxylation sites is 1. The standard InChI is InChI=1S/C24H26N2O2/c1-18(2)14-16-28-21-10-7-19(8-11-21)9-12-24(27)25-15-13-20-17-26-23-6-4-3-5-22(20)23/h3-12,14,17,26H,13,15-16H2,1-2H3,(H,25,27)/b12-9+. The van der Waals surface area contributed by atoms with Crippen molar-refractivity contribution in [3.63, 3.8) is 0 Å². The summed E-state index contributed by atoms with van der Waals surface area (Å²) in [5.41, 5.74) is 4.53. The van der Waals surface area contributed by atoms with E-state index in [0.29, 0.717) is 13.2 Å². The molecule has 0 spiro atoms. The van der Waals surface area contributed by atoms with Gasteiger partial charge in [0.1, 0.15) is 12.4 Å². The summed E-state index contributed by atoms with van der Waals surface area (Å²) in [6.45, 7) is 5.25. The highest BCUT2D eigenvalue weighted by Gasteiger charge is 2.03. The molecule has 3 aromatic rings. The van der Waals surface area contributed by atoms with E-state index in [-0.39, 0.29) is 5.91 Å². The van der Waals surface area contributed by atoms with E-state index < -0.39 is 0 Å². The zero-order valence-electron chi connectivity index (χ0n) is 16.4. The van der Waals surface area contributed by atoms with Crippen LogP contribution in [0.2, 0.25) is 0 Å². The van der Waals surface area contributed by atoms with Crippen molar-refractivity contribution in [1.82, 2.24) is 10.3 Å². The molecule has 0 fully saturated rings. The molecule has 3 rings (SSSR count). The molecule has 0 atom stereocenters. The third-order valence-corrected chi connectivity index (χ3v) is 4.42. The van der Waals surface area contributed by atoms with E-state index in [0.717, 1.165) is 23.3 Å². The zero-order valence-corrected chi connectivity index (χ0v) is 16.4. The van der Waals surface area contributed by atoms with Crippen LogP contribution in [0.1, 0.15) is 25.0 Å². The van der Waals surface area contributed by atoms with E-state index in [1.807, 2.05) is 62.5 Å². The van der Waals surface area contributed by atoms with Crippen molar-refractivity contribution >= 4 is 22.9 Å². The van der Waals surface area contributed by atoms with Gasteiger partial charge in [-0.05, 0) is 61.7 Å². The van der Waals surface area contributed by atoms with Gasteiger partial charge in [0.25, 0.3) is 0 Å². The van der Waals surface area contributed by atoms with Crippen LogP contribution in [0.15, 0.2) is 72.5 Å². The molecule has 0 unspecified atom stereocenters. The van der Waals surface area contributed by atoms with Gasteiger partial charge in [0.15, 0.2) is 0 Å². The first kappa shape index (κ1) is 19.5. The number of aromatic amines is 1. The van der Waals surface area contributed by atoms with Crippen LogP contribution < -0.4 is 10.1 Å². The fourth-order valence-corrected chi connectivity index (χ4v) is 2.87. The van der Waals surface area contributed by atoms with Crippen molar-refractivity contribution in [3.05, 3.63) is 83.6 Å². The Morgan fingerprint density at radius 2 is 1.89 bits per heavy atom. The number of carbonyl (C=O) groups is 1. The lowest BCUT2D eigenvalue weighted by molar-refractivity contribution is -0.116. The minimum atomic E-state index is -0.0938. The largest absolute Gasteiger partial charge is 0.490 e. The van der Waals surface area contributed by atoms with Crippen molar-refractivity contribution < 1.29 is 9.53 Å². The number of fused-ring (bicyclic) bond motifs is 1. The average molecular weight is 374 g/mol. The number of benzene rings is 2. The number of carbonyl (C=O) groups excluding carboxylic acids is 1. The number of aromatic nitrogens is 1. The number of H-pyrrole nitrogens is 1. The summed E-state index contributed by atoms with van der Waals surface area (Å²) in [6, 6.07) is 15.9. The van der Waals surface area contributed by atoms with Gasteiger partial charge >= 0.3 is 0 Å². The van der Waals surface area contributed by atoms with Crippen LogP contribution in [0.3, 0.4) is 0 Å². The quantitative estimate of drug-likeness (QED) is 0.436. The third-order valence-electron chi connectivity index (χ3n) is 4.42. The summed E-state index contributed by atoms with van der Waals surface area (Å²) in [5.74, 6) is 0.724. The number of amides is 1. The number of nitrogens with one attached hydrogen (secondary N) is 2. The second-order valence-electron chi connectivity index (χ2n) is 6.90. The van der Waals surface area contributed by atoms with Crippen LogP contribution >= 0.6 is 0 Å². The molecule has 1 aromatic heterocycles. The summed E-state index contributed by atoms with van der Waals surface area (Å²) in [7, 11) is 0. The van der Waals surface area contributed by atoms with Gasteiger partial charge in [-0.1, -0.05) is 35.9 Å². The Morgan fingerprint density at radius 1 is 1.11 bits per heavy atom. The topological polar surface area (TPSA) is 54.1 Å². The van der Waals surface area contributed by atoms with Gasteiger partial charge in [-0.25, -0.2) is 0 Å². The molecule has 1 heterocycles. The predicted octanol–water partition coefficient (Wildman–Crippen LogP) is 4.89. The van der Waals surface area contributed by atoms with Gasteiger partial charge in [-0.3, -0.25) is 4.79 Å². The normalized spacial score (nSPS) is 10.9. The van der Waals surface area contributed by atoms with Gasteiger partial charge in [0.05, 0.1) is 0 Å². The van der Waals surface area contributed by atoms with Crippen LogP contribution in [0.4, 0.5) is 0 Å². The monoisotopic (exact) mass is 374 g/mol. The summed E-state index contributed by atoms with van der Waals surface area (Å²) in [6.07, 6.45) is 8.21. The Kier molecular flexibility index (Phi) is 6.68. The molecule has 4 nitrogen and oxygen atoms in total. The fourth-order valence-electron chi connectivity index (χ4n) is 2.87. The molecule has 0 saturated carbocycles. The van der Waals surface area contributed by atoms with Gasteiger partial charge in [0.2, 0.25) is 5.91 Å². The summed E-state index contributed by atoms with van der Waals surface area (Å²) < 4.78 is 5.63. The number of allylic oxidation sites excluding steroid dienone is 1. The van der Waals surface area contributed by atoms with Crippen LogP contribution in [-0.2, 0) is 11.2 Å². The van der Waals surface area contributed by atoms with Gasteiger partial charge in [-0.2, -0.15) is 0 Å². The van der Waals surface area contributed by atoms with E-state index in [4.69, 9.17) is 4.74 Å². The molecule has 144 valence electrons. The summed E-state index contributed by atoms with van der Waals surface area (Å²) in [4.78, 5) is 15.3. The van der Waals surface area contributed by atoms with Crippen LogP contribution in [-0.4, -0.2) is 24.0 Å². The maximum absolute atomic E-state index is 12.0. The molecule has 2 aromatic carbocycles. The van der Waals surface area contributed by atoms with Crippen LogP contribution in [0.25, 0.3) is 17.0 Å². The number of hydrogen-bond acceptors (Lipinski definition) is 2. The number of rotatable bonds is 8. The molecule has 0 aliphatic rings. The van der Waals surface area contributed by atoms with Crippen molar-refractivity contribution in [3.8, 4) is 5.75 Å². The molecular formula is C24H26N2O2. The number of hydrogen-bond donors (Lipinski definition) is 2. The minimum Gasteiger partial charge on any atom is -0.490 e. The summed E-state index contributed by atoms with van der Waals surface area (Å²) >= 11 is 0. The Bertz CT molecular complexity index is 977. The maximum Gasteiger partial charge on any atom is 0.244 e. The van der Waals surface area contributed by atoms with Gasteiger partial charge in [-0.15, -0.1) is 0 Å². The molecule has 28 heavy (non-hydrogen) atoms. The first-order valence-electron chi connectivity index (χ1n) is 9.49.